The van der Waals surface area contributed by atoms with Crippen LogP contribution in [0.15, 0.2) is 108 Å². The number of aromatic carboxylic acids is 1. The molecule has 1 aromatic heterocycles. The number of fused-ring (bicyclic) bond motifs is 4. The zero-order valence-electron chi connectivity index (χ0n) is 23.6. The number of hydrogen-bond acceptors (Lipinski definition) is 4. The Kier molecular flexibility index (Phi) is 7.61. The Hall–Kier alpha value is -5.08. The summed E-state index contributed by atoms with van der Waals surface area (Å²) in [5.41, 5.74) is 4.00. The number of thioether (sulfide) groups is 1. The fraction of sp³-hybridized carbons (Fsp3) is 0.114. The molecule has 1 unspecified atom stereocenters. The van der Waals surface area contributed by atoms with E-state index >= 15 is 0 Å². The highest BCUT2D eigenvalue weighted by atomic mass is 32.2. The molecule has 3 N–H and O–H groups in total. The van der Waals surface area contributed by atoms with Gasteiger partial charge in [0.15, 0.2) is 0 Å². The SMILES string of the molecule is CCn1c2ccccc2c2cc(NC(=O)C(C)Sc3ccc(NC(=O)c4cccc5cccc(C(=O)O)c45)cc3)ccc21. The molecule has 0 spiro atoms. The van der Waals surface area contributed by atoms with Crippen LogP contribution in [0.1, 0.15) is 34.6 Å². The molecule has 0 radical (unpaired) electrons. The second-order valence-corrected chi connectivity index (χ2v) is 11.6. The first-order chi connectivity index (χ1) is 20.8. The van der Waals surface area contributed by atoms with Crippen LogP contribution in [0.2, 0.25) is 0 Å². The maximum atomic E-state index is 13.1. The van der Waals surface area contributed by atoms with Gasteiger partial charge in [0, 0.05) is 55.6 Å². The van der Waals surface area contributed by atoms with Gasteiger partial charge in [0.2, 0.25) is 5.91 Å². The van der Waals surface area contributed by atoms with E-state index in [1.807, 2.05) is 43.3 Å². The average molecular weight is 588 g/mol. The van der Waals surface area contributed by atoms with Crippen molar-refractivity contribution >= 4 is 73.5 Å². The van der Waals surface area contributed by atoms with E-state index in [0.29, 0.717) is 16.5 Å². The van der Waals surface area contributed by atoms with Crippen LogP contribution in [0.4, 0.5) is 11.4 Å². The Morgan fingerprint density at radius 2 is 1.44 bits per heavy atom. The number of hydrogen-bond donors (Lipinski definition) is 3. The average Bonchev–Trinajstić information content (AvgIpc) is 3.34. The molecule has 1 heterocycles. The fourth-order valence-electron chi connectivity index (χ4n) is 5.50. The highest BCUT2D eigenvalue weighted by Gasteiger charge is 2.18. The van der Waals surface area contributed by atoms with Crippen LogP contribution in [-0.4, -0.2) is 32.7 Å². The zero-order valence-corrected chi connectivity index (χ0v) is 24.4. The molecule has 6 aromatic rings. The summed E-state index contributed by atoms with van der Waals surface area (Å²) in [5.74, 6) is -1.59. The lowest BCUT2D eigenvalue weighted by Crippen LogP contribution is -2.22. The molecule has 2 amide bonds. The Morgan fingerprint density at radius 1 is 0.767 bits per heavy atom. The van der Waals surface area contributed by atoms with Gasteiger partial charge in [-0.05, 0) is 79.9 Å². The number of benzene rings is 5. The van der Waals surface area contributed by atoms with Crippen molar-refractivity contribution in [2.75, 3.05) is 10.6 Å². The van der Waals surface area contributed by atoms with E-state index in [9.17, 15) is 19.5 Å². The highest BCUT2D eigenvalue weighted by molar-refractivity contribution is 8.00. The van der Waals surface area contributed by atoms with Gasteiger partial charge in [-0.3, -0.25) is 9.59 Å². The highest BCUT2D eigenvalue weighted by Crippen LogP contribution is 2.32. The normalized spacial score (nSPS) is 12.0. The molecule has 6 rings (SSSR count). The van der Waals surface area contributed by atoms with Crippen molar-refractivity contribution in [2.24, 2.45) is 0 Å². The molecule has 5 aromatic carbocycles. The number of aromatic nitrogens is 1. The van der Waals surface area contributed by atoms with Crippen LogP contribution in [0, 0.1) is 0 Å². The Balaban J connectivity index is 1.13. The zero-order chi connectivity index (χ0) is 30.1. The monoisotopic (exact) mass is 587 g/mol. The van der Waals surface area contributed by atoms with Crippen molar-refractivity contribution in [3.05, 3.63) is 114 Å². The molecule has 0 saturated heterocycles. The lowest BCUT2D eigenvalue weighted by atomic mass is 9.98. The maximum Gasteiger partial charge on any atom is 0.336 e. The first-order valence-corrected chi connectivity index (χ1v) is 14.9. The first-order valence-electron chi connectivity index (χ1n) is 14.0. The number of carboxylic acid groups (broad SMARTS) is 1. The minimum absolute atomic E-state index is 0.0786. The number of amides is 2. The number of carbonyl (C=O) groups is 3. The minimum Gasteiger partial charge on any atom is -0.478 e. The fourth-order valence-corrected chi connectivity index (χ4v) is 6.36. The first kappa shape index (κ1) is 28.1. The molecule has 0 aliphatic carbocycles. The van der Waals surface area contributed by atoms with Crippen molar-refractivity contribution in [3.8, 4) is 0 Å². The summed E-state index contributed by atoms with van der Waals surface area (Å²) < 4.78 is 2.27. The standard InChI is InChI=1S/C35H29N3O4S/c1-3-38-30-13-5-4-10-26(30)29-20-24(16-19-31(29)38)37-33(39)21(2)43-25-17-14-23(15-18-25)36-34(40)27-11-6-8-22-9-7-12-28(32(22)27)35(41)42/h4-21H,3H2,1-2H3,(H,36,40)(H,37,39)(H,41,42). The van der Waals surface area contributed by atoms with Crippen molar-refractivity contribution < 1.29 is 19.5 Å². The van der Waals surface area contributed by atoms with Crippen LogP contribution >= 0.6 is 11.8 Å². The van der Waals surface area contributed by atoms with Gasteiger partial charge in [-0.2, -0.15) is 0 Å². The van der Waals surface area contributed by atoms with Gasteiger partial charge in [-0.25, -0.2) is 4.79 Å². The Labute approximate surface area is 252 Å². The van der Waals surface area contributed by atoms with Gasteiger partial charge in [0.1, 0.15) is 0 Å². The van der Waals surface area contributed by atoms with E-state index in [1.165, 1.54) is 23.3 Å². The van der Waals surface area contributed by atoms with E-state index < -0.39 is 11.9 Å². The van der Waals surface area contributed by atoms with Gasteiger partial charge in [-0.1, -0.05) is 42.5 Å². The molecule has 0 aliphatic rings. The topological polar surface area (TPSA) is 100 Å². The summed E-state index contributed by atoms with van der Waals surface area (Å²) in [6, 6.07) is 31.6. The molecular formula is C35H29N3O4S. The molecule has 0 fully saturated rings. The molecule has 0 bridgehead atoms. The number of anilines is 2. The van der Waals surface area contributed by atoms with E-state index in [2.05, 4.69) is 40.3 Å². The maximum absolute atomic E-state index is 13.1. The van der Waals surface area contributed by atoms with E-state index in [0.717, 1.165) is 33.4 Å². The molecule has 0 saturated carbocycles. The van der Waals surface area contributed by atoms with Crippen LogP contribution in [0.5, 0.6) is 0 Å². The Bertz CT molecular complexity index is 2030. The van der Waals surface area contributed by atoms with Crippen LogP contribution in [-0.2, 0) is 11.3 Å². The molecule has 8 heteroatoms. The molecule has 7 nitrogen and oxygen atoms in total. The number of para-hydroxylation sites is 1. The lowest BCUT2D eigenvalue weighted by Gasteiger charge is -2.13. The van der Waals surface area contributed by atoms with Gasteiger partial charge in [0.05, 0.1) is 10.8 Å². The predicted octanol–water partition coefficient (Wildman–Crippen LogP) is 8.04. The van der Waals surface area contributed by atoms with Crippen molar-refractivity contribution in [2.45, 2.75) is 30.5 Å². The quantitative estimate of drug-likeness (QED) is 0.157. The summed E-state index contributed by atoms with van der Waals surface area (Å²) in [6.07, 6.45) is 0. The second-order valence-electron chi connectivity index (χ2n) is 10.2. The number of carbonyl (C=O) groups excluding carboxylic acids is 2. The van der Waals surface area contributed by atoms with Gasteiger partial charge >= 0.3 is 5.97 Å². The molecule has 43 heavy (non-hydrogen) atoms. The summed E-state index contributed by atoms with van der Waals surface area (Å²) in [4.78, 5) is 38.9. The van der Waals surface area contributed by atoms with Gasteiger partial charge < -0.3 is 20.3 Å². The smallest absolute Gasteiger partial charge is 0.336 e. The van der Waals surface area contributed by atoms with Crippen LogP contribution in [0.3, 0.4) is 0 Å². The third kappa shape index (κ3) is 5.45. The van der Waals surface area contributed by atoms with Gasteiger partial charge in [-0.15, -0.1) is 11.8 Å². The minimum atomic E-state index is -1.09. The van der Waals surface area contributed by atoms with Crippen molar-refractivity contribution in [1.82, 2.24) is 4.57 Å². The van der Waals surface area contributed by atoms with Gasteiger partial charge in [0.25, 0.3) is 5.91 Å². The third-order valence-corrected chi connectivity index (χ3v) is 8.64. The number of carboxylic acids is 1. The number of rotatable bonds is 8. The van der Waals surface area contributed by atoms with Crippen molar-refractivity contribution in [3.63, 3.8) is 0 Å². The van der Waals surface area contributed by atoms with E-state index in [4.69, 9.17) is 0 Å². The molecule has 0 aliphatic heterocycles. The summed E-state index contributed by atoms with van der Waals surface area (Å²) >= 11 is 1.42. The van der Waals surface area contributed by atoms with Crippen molar-refractivity contribution in [1.29, 1.82) is 0 Å². The summed E-state index contributed by atoms with van der Waals surface area (Å²) in [5, 5.41) is 18.5. The molecule has 214 valence electrons. The van der Waals surface area contributed by atoms with Crippen LogP contribution in [0.25, 0.3) is 32.6 Å². The number of aryl methyl sites for hydroxylation is 1. The Morgan fingerprint density at radius 3 is 2.16 bits per heavy atom. The predicted molar refractivity (Wildman–Crippen MR) is 174 cm³/mol. The lowest BCUT2D eigenvalue weighted by molar-refractivity contribution is -0.115. The second kappa shape index (κ2) is 11.7. The molecular weight excluding hydrogens is 558 g/mol. The third-order valence-electron chi connectivity index (χ3n) is 7.53. The largest absolute Gasteiger partial charge is 0.478 e. The molecule has 1 atom stereocenters. The number of nitrogens with one attached hydrogen (secondary N) is 2. The van der Waals surface area contributed by atoms with Crippen LogP contribution < -0.4 is 10.6 Å². The summed E-state index contributed by atoms with van der Waals surface area (Å²) in [6.45, 7) is 4.85. The number of nitrogens with zero attached hydrogens (tertiary/aromatic N) is 1. The summed E-state index contributed by atoms with van der Waals surface area (Å²) in [7, 11) is 0. The van der Waals surface area contributed by atoms with E-state index in [-0.39, 0.29) is 22.3 Å². The van der Waals surface area contributed by atoms with E-state index in [1.54, 1.807) is 42.5 Å².